The van der Waals surface area contributed by atoms with Gasteiger partial charge in [-0.1, -0.05) is 32.0 Å². The highest BCUT2D eigenvalue weighted by Crippen LogP contribution is 2.29. The molecule has 0 saturated carbocycles. The Morgan fingerprint density at radius 1 is 1.19 bits per heavy atom. The molecule has 0 saturated heterocycles. The fraction of sp³-hybridized carbons (Fsp3) is 0.286. The van der Waals surface area contributed by atoms with Crippen LogP contribution in [0, 0.1) is 13.8 Å². The van der Waals surface area contributed by atoms with Gasteiger partial charge < -0.3 is 14.5 Å². The maximum Gasteiger partial charge on any atom is 0.277 e. The van der Waals surface area contributed by atoms with Crippen molar-refractivity contribution >= 4 is 27.3 Å². The number of pyridine rings is 1. The molecule has 0 fully saturated rings. The summed E-state index contributed by atoms with van der Waals surface area (Å²) in [4.78, 5) is 20.4. The van der Waals surface area contributed by atoms with Gasteiger partial charge in [-0.25, -0.2) is 18.4 Å². The Labute approximate surface area is 180 Å². The Hall–Kier alpha value is -3.40. The van der Waals surface area contributed by atoms with E-state index in [1.54, 1.807) is 26.0 Å². The molecule has 0 radical (unpaired) electrons. The van der Waals surface area contributed by atoms with E-state index in [1.807, 2.05) is 19.9 Å². The number of anilines is 2. The summed E-state index contributed by atoms with van der Waals surface area (Å²) < 4.78 is 39.2. The number of hydrogen-bond acceptors (Lipinski definition) is 7. The van der Waals surface area contributed by atoms with Gasteiger partial charge in [0.05, 0.1) is 24.7 Å². The molecule has 0 atom stereocenters. The van der Waals surface area contributed by atoms with Gasteiger partial charge in [0, 0.05) is 5.92 Å². The molecule has 9 nitrogen and oxygen atoms in total. The molecule has 0 aliphatic heterocycles. The van der Waals surface area contributed by atoms with Crippen molar-refractivity contribution in [1.29, 1.82) is 0 Å². The predicted octanol–water partition coefficient (Wildman–Crippen LogP) is 3.87. The lowest BCUT2D eigenvalue weighted by molar-refractivity contribution is 0.102. The lowest BCUT2D eigenvalue weighted by atomic mass is 10.1. The average Bonchev–Trinajstić information content (AvgIpc) is 3.22. The van der Waals surface area contributed by atoms with Crippen molar-refractivity contribution < 1.29 is 22.4 Å². The Morgan fingerprint density at radius 2 is 1.87 bits per heavy atom. The molecule has 31 heavy (non-hydrogen) atoms. The normalized spacial score (nSPS) is 11.4. The van der Waals surface area contributed by atoms with Crippen molar-refractivity contribution in [3.63, 3.8) is 0 Å². The van der Waals surface area contributed by atoms with Crippen LogP contribution in [0.15, 0.2) is 46.0 Å². The number of methoxy groups -OCH3 is 1. The van der Waals surface area contributed by atoms with E-state index in [0.29, 0.717) is 11.6 Å². The topological polar surface area (TPSA) is 123 Å². The van der Waals surface area contributed by atoms with Crippen LogP contribution in [0.2, 0.25) is 0 Å². The molecule has 2 heterocycles. The van der Waals surface area contributed by atoms with Crippen LogP contribution < -0.4 is 14.8 Å². The van der Waals surface area contributed by atoms with E-state index in [9.17, 15) is 13.2 Å². The van der Waals surface area contributed by atoms with Crippen molar-refractivity contribution in [3.8, 4) is 5.88 Å². The molecule has 1 amide bonds. The second kappa shape index (κ2) is 8.76. The first-order valence-electron chi connectivity index (χ1n) is 9.52. The van der Waals surface area contributed by atoms with E-state index in [1.165, 1.54) is 25.6 Å². The van der Waals surface area contributed by atoms with Crippen LogP contribution in [-0.4, -0.2) is 31.4 Å². The summed E-state index contributed by atoms with van der Waals surface area (Å²) in [5.41, 5.74) is 2.26. The quantitative estimate of drug-likeness (QED) is 0.567. The molecule has 3 aromatic rings. The Morgan fingerprint density at radius 3 is 2.45 bits per heavy atom. The fourth-order valence-corrected chi connectivity index (χ4v) is 4.21. The van der Waals surface area contributed by atoms with Crippen molar-refractivity contribution in [2.24, 2.45) is 0 Å². The summed E-state index contributed by atoms with van der Waals surface area (Å²) in [6.07, 6.45) is 2.56. The summed E-state index contributed by atoms with van der Waals surface area (Å²) in [6, 6.07) is 6.74. The number of sulfonamides is 1. The van der Waals surface area contributed by atoms with E-state index >= 15 is 0 Å². The molecule has 1 aromatic carbocycles. The smallest absolute Gasteiger partial charge is 0.277 e. The highest BCUT2D eigenvalue weighted by molar-refractivity contribution is 7.92. The number of amides is 1. The first-order chi connectivity index (χ1) is 14.6. The molecular weight excluding hydrogens is 420 g/mol. The zero-order valence-electron chi connectivity index (χ0n) is 17.9. The number of carbonyl (C=O) groups excluding carboxylic acids is 1. The van der Waals surface area contributed by atoms with Crippen LogP contribution in [0.25, 0.3) is 0 Å². The molecule has 0 spiro atoms. The maximum absolute atomic E-state index is 13.1. The van der Waals surface area contributed by atoms with Gasteiger partial charge in [0.25, 0.3) is 15.9 Å². The van der Waals surface area contributed by atoms with Gasteiger partial charge in [0.1, 0.15) is 6.26 Å². The van der Waals surface area contributed by atoms with Crippen LogP contribution in [0.3, 0.4) is 0 Å². The zero-order chi connectivity index (χ0) is 22.8. The molecule has 0 aliphatic rings. The monoisotopic (exact) mass is 444 g/mol. The molecule has 2 N–H and O–H groups in total. The van der Waals surface area contributed by atoms with Crippen molar-refractivity contribution in [2.75, 3.05) is 17.1 Å². The summed E-state index contributed by atoms with van der Waals surface area (Å²) in [5.74, 6) is -0.190. The number of rotatable bonds is 7. The molecule has 0 bridgehead atoms. The number of benzene rings is 1. The van der Waals surface area contributed by atoms with Gasteiger partial charge >= 0.3 is 0 Å². The number of hydrogen-bond donors (Lipinski definition) is 2. The number of ether oxygens (including phenoxy) is 1. The first-order valence-corrected chi connectivity index (χ1v) is 11.0. The summed E-state index contributed by atoms with van der Waals surface area (Å²) in [5, 5.41) is 2.59. The third-order valence-electron chi connectivity index (χ3n) is 4.53. The maximum atomic E-state index is 13.1. The van der Waals surface area contributed by atoms with Crippen LogP contribution >= 0.6 is 0 Å². The second-order valence-corrected chi connectivity index (χ2v) is 8.93. The molecule has 164 valence electrons. The number of aromatic nitrogens is 2. The fourth-order valence-electron chi connectivity index (χ4n) is 2.86. The highest BCUT2D eigenvalue weighted by atomic mass is 32.2. The third kappa shape index (κ3) is 4.85. The summed E-state index contributed by atoms with van der Waals surface area (Å²) >= 11 is 0. The predicted molar refractivity (Wildman–Crippen MR) is 116 cm³/mol. The van der Waals surface area contributed by atoms with Crippen molar-refractivity contribution in [2.45, 2.75) is 38.5 Å². The van der Waals surface area contributed by atoms with Gasteiger partial charge in [0.15, 0.2) is 16.5 Å². The lowest BCUT2D eigenvalue weighted by Gasteiger charge is -2.15. The largest absolute Gasteiger partial charge is 0.480 e. The third-order valence-corrected chi connectivity index (χ3v) is 5.87. The van der Waals surface area contributed by atoms with Gasteiger partial charge in [-0.3, -0.25) is 9.52 Å². The number of para-hydroxylation sites is 1. The van der Waals surface area contributed by atoms with Gasteiger partial charge in [-0.2, -0.15) is 0 Å². The minimum absolute atomic E-state index is 0.0249. The second-order valence-electron chi connectivity index (χ2n) is 7.28. The summed E-state index contributed by atoms with van der Waals surface area (Å²) in [7, 11) is -2.73. The van der Waals surface area contributed by atoms with Crippen molar-refractivity contribution in [3.05, 3.63) is 59.4 Å². The van der Waals surface area contributed by atoms with E-state index in [2.05, 4.69) is 20.0 Å². The molecule has 10 heteroatoms. The molecule has 0 aliphatic carbocycles. The van der Waals surface area contributed by atoms with Crippen LogP contribution in [0.1, 0.15) is 47.3 Å². The number of nitrogens with one attached hydrogen (secondary N) is 2. The Kier molecular flexibility index (Phi) is 6.30. The first kappa shape index (κ1) is 22.3. The molecule has 3 rings (SSSR count). The lowest BCUT2D eigenvalue weighted by Crippen LogP contribution is -2.18. The number of aryl methyl sites for hydroxylation is 2. The Bertz CT molecular complexity index is 1200. The van der Waals surface area contributed by atoms with E-state index in [4.69, 9.17) is 9.15 Å². The van der Waals surface area contributed by atoms with Crippen LogP contribution in [0.4, 0.5) is 11.4 Å². The highest BCUT2D eigenvalue weighted by Gasteiger charge is 2.24. The van der Waals surface area contributed by atoms with E-state index in [0.717, 1.165) is 11.1 Å². The van der Waals surface area contributed by atoms with Crippen LogP contribution in [0.5, 0.6) is 5.88 Å². The van der Waals surface area contributed by atoms with Gasteiger partial charge in [-0.15, -0.1) is 0 Å². The zero-order valence-corrected chi connectivity index (χ0v) is 18.7. The molecular formula is C21H24N4O5S. The van der Waals surface area contributed by atoms with E-state index in [-0.39, 0.29) is 28.1 Å². The SMILES string of the molecule is COc1ncc(NC(=O)c2coc(C(C)C)n2)cc1S(=O)(=O)Nc1c(C)cccc1C. The minimum Gasteiger partial charge on any atom is -0.480 e. The number of nitrogens with zero attached hydrogens (tertiary/aromatic N) is 2. The average molecular weight is 445 g/mol. The number of carbonyl (C=O) groups is 1. The van der Waals surface area contributed by atoms with Crippen molar-refractivity contribution in [1.82, 2.24) is 9.97 Å². The molecule has 2 aromatic heterocycles. The number of oxazole rings is 1. The molecule has 0 unspecified atom stereocenters. The van der Waals surface area contributed by atoms with Gasteiger partial charge in [0.2, 0.25) is 5.88 Å². The minimum atomic E-state index is -4.05. The van der Waals surface area contributed by atoms with Gasteiger partial charge in [-0.05, 0) is 31.0 Å². The Balaban J connectivity index is 1.91. The van der Waals surface area contributed by atoms with E-state index < -0.39 is 15.9 Å². The summed E-state index contributed by atoms with van der Waals surface area (Å²) in [6.45, 7) is 7.39. The standard InChI is InChI=1S/C21H24N4O5S/c1-12(2)20-24-16(11-30-20)19(26)23-15-9-17(21(29-5)22-10-15)31(27,28)25-18-13(3)7-6-8-14(18)4/h6-12,25H,1-5H3,(H,23,26). The van der Waals surface area contributed by atoms with Crippen LogP contribution in [-0.2, 0) is 10.0 Å².